The van der Waals surface area contributed by atoms with E-state index in [-0.39, 0.29) is 59.1 Å². The molecular formula is C10H20Na2O10. The summed E-state index contributed by atoms with van der Waals surface area (Å²) in [5.41, 5.74) is 0. The van der Waals surface area contributed by atoms with Crippen molar-refractivity contribution in [1.29, 1.82) is 0 Å². The standard InChI is InChI=1S/C2H6O2.4C2H4O2.2Na/c5*1-2(3)4;;/h2-4H,1H3;4*1H3,(H,3,4);;/q;;;;;2*+1/p-2. The van der Waals surface area contributed by atoms with E-state index < -0.39 is 30.2 Å². The molecular weight excluding hydrogens is 326 g/mol. The first-order valence-corrected chi connectivity index (χ1v) is 4.77. The molecule has 122 valence electrons. The zero-order valence-corrected chi connectivity index (χ0v) is 17.8. The van der Waals surface area contributed by atoms with Crippen LogP contribution in [0.1, 0.15) is 34.6 Å². The molecule has 0 spiro atoms. The van der Waals surface area contributed by atoms with Crippen LogP contribution in [0.4, 0.5) is 0 Å². The molecule has 0 fully saturated rings. The van der Waals surface area contributed by atoms with Crippen molar-refractivity contribution in [3.63, 3.8) is 0 Å². The average Bonchev–Trinajstić information content (AvgIpc) is 1.94. The van der Waals surface area contributed by atoms with Crippen LogP contribution >= 0.6 is 0 Å². The minimum absolute atomic E-state index is 0. The Kier molecular flexibility index (Phi) is 72.9. The zero-order valence-electron chi connectivity index (χ0n) is 13.8. The first-order chi connectivity index (χ1) is 8.66. The molecule has 12 heteroatoms. The van der Waals surface area contributed by atoms with Crippen LogP contribution in [0.25, 0.3) is 0 Å². The normalized spacial score (nSPS) is 6.18. The number of carboxylic acid groups (broad SMARTS) is 4. The predicted molar refractivity (Wildman–Crippen MR) is 61.9 cm³/mol. The fourth-order valence-corrected chi connectivity index (χ4v) is 0. The van der Waals surface area contributed by atoms with E-state index in [0.717, 1.165) is 27.7 Å². The van der Waals surface area contributed by atoms with Gasteiger partial charge in [0, 0.05) is 25.8 Å². The van der Waals surface area contributed by atoms with Gasteiger partial charge in [-0.2, -0.15) is 0 Å². The molecule has 0 aliphatic carbocycles. The van der Waals surface area contributed by atoms with Crippen LogP contribution in [-0.4, -0.2) is 50.6 Å². The first kappa shape index (κ1) is 43.1. The molecule has 0 heterocycles. The Bertz CT molecular complexity index is 202. The summed E-state index contributed by atoms with van der Waals surface area (Å²) in [6.45, 7) is 5.39. The van der Waals surface area contributed by atoms with E-state index in [2.05, 4.69) is 0 Å². The molecule has 0 radical (unpaired) electrons. The monoisotopic (exact) mass is 346 g/mol. The summed E-state index contributed by atoms with van der Waals surface area (Å²) in [6, 6.07) is 0. The molecule has 4 N–H and O–H groups in total. The van der Waals surface area contributed by atoms with Gasteiger partial charge in [-0.05, 0) is 20.8 Å². The van der Waals surface area contributed by atoms with Crippen molar-refractivity contribution in [2.45, 2.75) is 40.9 Å². The van der Waals surface area contributed by atoms with Gasteiger partial charge in [-0.3, -0.25) is 9.59 Å². The molecule has 0 saturated carbocycles. The van der Waals surface area contributed by atoms with Crippen LogP contribution < -0.4 is 69.3 Å². The molecule has 0 unspecified atom stereocenters. The van der Waals surface area contributed by atoms with Gasteiger partial charge in [0.2, 0.25) is 0 Å². The Morgan fingerprint density at radius 3 is 0.727 bits per heavy atom. The van der Waals surface area contributed by atoms with E-state index >= 15 is 0 Å². The number of hydrogen-bond donors (Lipinski definition) is 4. The summed E-state index contributed by atoms with van der Waals surface area (Å²) in [6.07, 6.45) is -1.17. The molecule has 0 aromatic carbocycles. The second-order valence-corrected chi connectivity index (χ2v) is 2.65. The summed E-state index contributed by atoms with van der Waals surface area (Å²) in [5.74, 6) is -3.83. The fourth-order valence-electron chi connectivity index (χ4n) is 0. The van der Waals surface area contributed by atoms with Gasteiger partial charge < -0.3 is 40.2 Å². The number of carboxylic acids is 4. The van der Waals surface area contributed by atoms with E-state index in [9.17, 15) is 0 Å². The number of hydrogen-bond acceptors (Lipinski definition) is 8. The number of aliphatic carboxylic acids is 4. The minimum Gasteiger partial charge on any atom is -0.550 e. The molecule has 0 atom stereocenters. The van der Waals surface area contributed by atoms with Crippen LogP contribution in [-0.2, 0) is 19.2 Å². The van der Waals surface area contributed by atoms with Crippen LogP contribution in [0.5, 0.6) is 0 Å². The molecule has 0 bridgehead atoms. The Hall–Kier alpha value is -0.200. The van der Waals surface area contributed by atoms with E-state index in [4.69, 9.17) is 49.8 Å². The third-order valence-electron chi connectivity index (χ3n) is 0. The van der Waals surface area contributed by atoms with Crippen molar-refractivity contribution in [2.24, 2.45) is 0 Å². The fraction of sp³-hybridized carbons (Fsp3) is 0.600. The Morgan fingerprint density at radius 1 is 0.727 bits per heavy atom. The molecule has 10 nitrogen and oxygen atoms in total. The third kappa shape index (κ3) is 175000. The molecule has 0 aromatic rings. The smallest absolute Gasteiger partial charge is 0.550 e. The molecule has 0 aliphatic heterocycles. The van der Waals surface area contributed by atoms with Gasteiger partial charge in [0.25, 0.3) is 11.9 Å². The van der Waals surface area contributed by atoms with Crippen molar-refractivity contribution in [2.75, 3.05) is 0 Å². The number of aliphatic hydroxyl groups is 2. The van der Waals surface area contributed by atoms with Crippen molar-refractivity contribution < 1.29 is 109 Å². The summed E-state index contributed by atoms with van der Waals surface area (Å²) in [4.78, 5) is 35.8. The Balaban J connectivity index is -0.0000000250. The quantitative estimate of drug-likeness (QED) is 0.241. The number of carbonyl (C=O) groups is 4. The average molecular weight is 346 g/mol. The number of rotatable bonds is 0. The van der Waals surface area contributed by atoms with Gasteiger partial charge in [0.1, 0.15) is 6.29 Å². The van der Waals surface area contributed by atoms with Crippen LogP contribution in [0.2, 0.25) is 0 Å². The predicted octanol–water partition coefficient (Wildman–Crippen LogP) is -8.98. The van der Waals surface area contributed by atoms with Crippen molar-refractivity contribution in [1.82, 2.24) is 0 Å². The van der Waals surface area contributed by atoms with Crippen molar-refractivity contribution in [3.8, 4) is 0 Å². The Labute approximate surface area is 172 Å². The minimum atomic E-state index is -1.17. The first-order valence-electron chi connectivity index (χ1n) is 4.77. The van der Waals surface area contributed by atoms with Crippen LogP contribution in [0.3, 0.4) is 0 Å². The van der Waals surface area contributed by atoms with E-state index in [1.807, 2.05) is 0 Å². The van der Waals surface area contributed by atoms with E-state index in [0.29, 0.717) is 0 Å². The number of carbonyl (C=O) groups excluding carboxylic acids is 2. The van der Waals surface area contributed by atoms with E-state index in [1.165, 1.54) is 6.92 Å². The SMILES string of the molecule is CC(=O)O.CC(=O)O.CC(=O)[O-].CC(=O)[O-].CC(O)O.[Na+].[Na+]. The van der Waals surface area contributed by atoms with Crippen LogP contribution in [0, 0.1) is 0 Å². The van der Waals surface area contributed by atoms with E-state index in [1.54, 1.807) is 0 Å². The molecule has 0 rings (SSSR count). The maximum absolute atomic E-state index is 9.00. The van der Waals surface area contributed by atoms with Crippen molar-refractivity contribution in [3.05, 3.63) is 0 Å². The third-order valence-corrected chi connectivity index (χ3v) is 0. The van der Waals surface area contributed by atoms with Gasteiger partial charge in [-0.15, -0.1) is 0 Å². The molecule has 0 aromatic heterocycles. The summed E-state index contributed by atoms with van der Waals surface area (Å²) < 4.78 is 0. The maximum atomic E-state index is 9.00. The van der Waals surface area contributed by atoms with Gasteiger partial charge in [0.05, 0.1) is 0 Å². The summed E-state index contributed by atoms with van der Waals surface area (Å²) in [7, 11) is 0. The topological polar surface area (TPSA) is 195 Å². The van der Waals surface area contributed by atoms with Crippen molar-refractivity contribution >= 4 is 23.9 Å². The second-order valence-electron chi connectivity index (χ2n) is 2.65. The molecule has 0 amide bonds. The Morgan fingerprint density at radius 2 is 0.727 bits per heavy atom. The molecule has 22 heavy (non-hydrogen) atoms. The van der Waals surface area contributed by atoms with Gasteiger partial charge >= 0.3 is 59.1 Å². The second kappa shape index (κ2) is 37.2. The van der Waals surface area contributed by atoms with Gasteiger partial charge in [-0.25, -0.2) is 0 Å². The zero-order chi connectivity index (χ0) is 17.9. The summed E-state index contributed by atoms with van der Waals surface area (Å²) in [5, 5.41) is 47.8. The maximum Gasteiger partial charge on any atom is 1.00 e. The van der Waals surface area contributed by atoms with Gasteiger partial charge in [0.15, 0.2) is 0 Å². The van der Waals surface area contributed by atoms with Gasteiger partial charge in [-0.1, -0.05) is 0 Å². The van der Waals surface area contributed by atoms with Crippen LogP contribution in [0.15, 0.2) is 0 Å². The molecule has 0 saturated heterocycles. The number of aliphatic hydroxyl groups excluding tert-OH is 1. The largest absolute Gasteiger partial charge is 1.00 e. The summed E-state index contributed by atoms with van der Waals surface area (Å²) >= 11 is 0. The molecule has 0 aliphatic rings.